The molecule has 0 saturated carbocycles. The van der Waals surface area contributed by atoms with Crippen molar-refractivity contribution in [2.24, 2.45) is 0 Å². The van der Waals surface area contributed by atoms with E-state index in [1.165, 1.54) is 0 Å². The zero-order valence-electron chi connectivity index (χ0n) is 11.2. The number of hydrogen-bond acceptors (Lipinski definition) is 3. The molecule has 0 spiro atoms. The number of halogens is 1. The number of rotatable bonds is 4. The lowest BCUT2D eigenvalue weighted by atomic mass is 10.0. The number of carbonyl (C=O) groups is 1. The first kappa shape index (κ1) is 14.5. The van der Waals surface area contributed by atoms with E-state index in [9.17, 15) is 4.79 Å². The van der Waals surface area contributed by atoms with Crippen molar-refractivity contribution in [1.82, 2.24) is 10.2 Å². The highest BCUT2D eigenvalue weighted by Gasteiger charge is 2.31. The van der Waals surface area contributed by atoms with Crippen LogP contribution < -0.4 is 5.32 Å². The molecule has 1 aromatic carbocycles. The average molecular weight is 327 g/mol. The van der Waals surface area contributed by atoms with E-state index in [1.807, 2.05) is 31.2 Å². The molecule has 2 rings (SSSR count). The number of ether oxygens (including phenoxy) is 1. The highest BCUT2D eigenvalue weighted by atomic mass is 79.9. The van der Waals surface area contributed by atoms with Crippen LogP contribution in [0.4, 0.5) is 0 Å². The molecule has 0 unspecified atom stereocenters. The van der Waals surface area contributed by atoms with Crippen LogP contribution in [0, 0.1) is 0 Å². The summed E-state index contributed by atoms with van der Waals surface area (Å²) in [4.78, 5) is 14.3. The van der Waals surface area contributed by atoms with Crippen molar-refractivity contribution in [3.63, 3.8) is 0 Å². The van der Waals surface area contributed by atoms with Crippen molar-refractivity contribution < 1.29 is 9.53 Å². The first-order valence-corrected chi connectivity index (χ1v) is 7.21. The molecular formula is C14H19BrN2O2. The van der Waals surface area contributed by atoms with Gasteiger partial charge in [-0.2, -0.15) is 0 Å². The minimum Gasteiger partial charge on any atom is -0.380 e. The van der Waals surface area contributed by atoms with Gasteiger partial charge in [0.25, 0.3) is 0 Å². The van der Waals surface area contributed by atoms with Gasteiger partial charge in [-0.1, -0.05) is 28.1 Å². The Balaban J connectivity index is 2.20. The van der Waals surface area contributed by atoms with Crippen LogP contribution in [0.3, 0.4) is 0 Å². The third-order valence-corrected chi connectivity index (χ3v) is 3.92. The zero-order chi connectivity index (χ0) is 13.8. The fraction of sp³-hybridized carbons (Fsp3) is 0.500. The number of hydrogen-bond donors (Lipinski definition) is 1. The Hall–Kier alpha value is -0.910. The minimum atomic E-state index is -0.223. The second kappa shape index (κ2) is 6.50. The molecule has 0 aromatic heterocycles. The van der Waals surface area contributed by atoms with Crippen LogP contribution in [0.5, 0.6) is 0 Å². The van der Waals surface area contributed by atoms with Gasteiger partial charge < -0.3 is 10.1 Å². The number of nitrogens with one attached hydrogen (secondary N) is 1. The lowest BCUT2D eigenvalue weighted by molar-refractivity contribution is -0.130. The molecule has 19 heavy (non-hydrogen) atoms. The summed E-state index contributed by atoms with van der Waals surface area (Å²) in [6.45, 7) is 4.32. The average Bonchev–Trinajstić information content (AvgIpc) is 2.40. The van der Waals surface area contributed by atoms with Crippen molar-refractivity contribution in [2.75, 3.05) is 26.7 Å². The number of benzene rings is 1. The molecule has 5 heteroatoms. The van der Waals surface area contributed by atoms with Crippen LogP contribution in [0.2, 0.25) is 0 Å². The second-order valence-corrected chi connectivity index (χ2v) is 5.70. The maximum atomic E-state index is 12.2. The van der Waals surface area contributed by atoms with E-state index in [0.29, 0.717) is 6.54 Å². The molecule has 1 amide bonds. The number of carbonyl (C=O) groups excluding carboxylic acids is 1. The third-order valence-electron chi connectivity index (χ3n) is 3.39. The number of methoxy groups -OCH3 is 1. The molecule has 104 valence electrons. The molecule has 0 radical (unpaired) electrons. The molecule has 4 nitrogen and oxygen atoms in total. The smallest absolute Gasteiger partial charge is 0.242 e. The lowest BCUT2D eigenvalue weighted by Crippen LogP contribution is -2.51. The van der Waals surface area contributed by atoms with Crippen LogP contribution in [0.15, 0.2) is 28.7 Å². The Kier molecular flexibility index (Phi) is 4.96. The SMILES string of the molecule is CO[C@H](C)CN1CCNC(=O)[C@@H]1c1ccc(Br)cc1. The summed E-state index contributed by atoms with van der Waals surface area (Å²) < 4.78 is 6.33. The number of amides is 1. The summed E-state index contributed by atoms with van der Waals surface area (Å²) in [7, 11) is 1.70. The predicted octanol–water partition coefficient (Wildman–Crippen LogP) is 1.96. The monoisotopic (exact) mass is 326 g/mol. The van der Waals surface area contributed by atoms with Crippen LogP contribution in [-0.4, -0.2) is 43.7 Å². The first-order chi connectivity index (χ1) is 9.11. The van der Waals surface area contributed by atoms with Crippen molar-refractivity contribution in [3.8, 4) is 0 Å². The molecule has 2 atom stereocenters. The van der Waals surface area contributed by atoms with Gasteiger partial charge in [0.2, 0.25) is 5.91 Å². The zero-order valence-corrected chi connectivity index (χ0v) is 12.8. The Labute approximate surface area is 122 Å². The maximum Gasteiger partial charge on any atom is 0.242 e. The predicted molar refractivity (Wildman–Crippen MR) is 77.9 cm³/mol. The van der Waals surface area contributed by atoms with E-state index < -0.39 is 0 Å². The normalized spacial score (nSPS) is 22.1. The second-order valence-electron chi connectivity index (χ2n) is 4.79. The highest BCUT2D eigenvalue weighted by Crippen LogP contribution is 2.25. The van der Waals surface area contributed by atoms with Gasteiger partial charge in [0.05, 0.1) is 6.10 Å². The van der Waals surface area contributed by atoms with Crippen molar-refractivity contribution in [1.29, 1.82) is 0 Å². The van der Waals surface area contributed by atoms with Crippen LogP contribution in [-0.2, 0) is 9.53 Å². The summed E-state index contributed by atoms with van der Waals surface area (Å²) in [5.74, 6) is 0.0666. The molecule has 1 fully saturated rings. The molecule has 1 saturated heterocycles. The van der Waals surface area contributed by atoms with Crippen LogP contribution >= 0.6 is 15.9 Å². The summed E-state index contributed by atoms with van der Waals surface area (Å²) in [6, 6.07) is 7.69. The van der Waals surface area contributed by atoms with Gasteiger partial charge in [-0.3, -0.25) is 9.69 Å². The van der Waals surface area contributed by atoms with Crippen molar-refractivity contribution >= 4 is 21.8 Å². The van der Waals surface area contributed by atoms with E-state index in [1.54, 1.807) is 7.11 Å². The molecule has 1 aliphatic rings. The van der Waals surface area contributed by atoms with E-state index >= 15 is 0 Å². The molecule has 1 N–H and O–H groups in total. The summed E-state index contributed by atoms with van der Waals surface area (Å²) in [6.07, 6.45) is 0.115. The lowest BCUT2D eigenvalue weighted by Gasteiger charge is -2.36. The van der Waals surface area contributed by atoms with Crippen LogP contribution in [0.25, 0.3) is 0 Å². The largest absolute Gasteiger partial charge is 0.380 e. The van der Waals surface area contributed by atoms with E-state index in [2.05, 4.69) is 26.1 Å². The van der Waals surface area contributed by atoms with E-state index in [4.69, 9.17) is 4.74 Å². The van der Waals surface area contributed by atoms with Gasteiger partial charge in [0.1, 0.15) is 6.04 Å². The quantitative estimate of drug-likeness (QED) is 0.919. The fourth-order valence-corrected chi connectivity index (χ4v) is 2.59. The van der Waals surface area contributed by atoms with Gasteiger partial charge in [-0.05, 0) is 24.6 Å². The Morgan fingerprint density at radius 1 is 1.47 bits per heavy atom. The van der Waals surface area contributed by atoms with Gasteiger partial charge in [0, 0.05) is 31.2 Å². The summed E-state index contributed by atoms with van der Waals surface area (Å²) >= 11 is 3.42. The summed E-state index contributed by atoms with van der Waals surface area (Å²) in [5, 5.41) is 2.93. The standard InChI is InChI=1S/C14H19BrN2O2/c1-10(19-2)9-17-8-7-16-14(18)13(17)11-3-5-12(15)6-4-11/h3-6,10,13H,7-9H2,1-2H3,(H,16,18)/t10-,13+/m1/s1. The molecule has 1 heterocycles. The Bertz CT molecular complexity index is 436. The van der Waals surface area contributed by atoms with E-state index in [0.717, 1.165) is 23.1 Å². The van der Waals surface area contributed by atoms with Crippen LogP contribution in [0.1, 0.15) is 18.5 Å². The molecule has 0 aliphatic carbocycles. The number of nitrogens with zero attached hydrogens (tertiary/aromatic N) is 1. The summed E-state index contributed by atoms with van der Waals surface area (Å²) in [5.41, 5.74) is 1.02. The minimum absolute atomic E-state index is 0.0666. The molecular weight excluding hydrogens is 308 g/mol. The third kappa shape index (κ3) is 3.55. The van der Waals surface area contributed by atoms with E-state index in [-0.39, 0.29) is 18.1 Å². The first-order valence-electron chi connectivity index (χ1n) is 6.42. The fourth-order valence-electron chi connectivity index (χ4n) is 2.32. The Morgan fingerprint density at radius 2 is 2.16 bits per heavy atom. The molecule has 1 aromatic rings. The van der Waals surface area contributed by atoms with Gasteiger partial charge in [0.15, 0.2) is 0 Å². The topological polar surface area (TPSA) is 41.6 Å². The molecule has 1 aliphatic heterocycles. The van der Waals surface area contributed by atoms with Crippen molar-refractivity contribution in [3.05, 3.63) is 34.3 Å². The number of piperazine rings is 1. The van der Waals surface area contributed by atoms with Gasteiger partial charge >= 0.3 is 0 Å². The Morgan fingerprint density at radius 3 is 2.79 bits per heavy atom. The van der Waals surface area contributed by atoms with Gasteiger partial charge in [-0.15, -0.1) is 0 Å². The maximum absolute atomic E-state index is 12.2. The van der Waals surface area contributed by atoms with Crippen molar-refractivity contribution in [2.45, 2.75) is 19.1 Å². The van der Waals surface area contributed by atoms with Gasteiger partial charge in [-0.25, -0.2) is 0 Å². The molecule has 0 bridgehead atoms. The highest BCUT2D eigenvalue weighted by molar-refractivity contribution is 9.10.